The van der Waals surface area contributed by atoms with Crippen LogP contribution in [0.4, 0.5) is 29.3 Å². The Bertz CT molecular complexity index is 869. The van der Waals surface area contributed by atoms with Crippen LogP contribution in [0.15, 0.2) is 54.6 Å². The molecule has 1 aliphatic heterocycles. The maximum Gasteiger partial charge on any atom is 0.573 e. The van der Waals surface area contributed by atoms with Crippen LogP contribution in [-0.4, -0.2) is 55.9 Å². The van der Waals surface area contributed by atoms with Crippen LogP contribution in [0.5, 0.6) is 5.75 Å². The van der Waals surface area contributed by atoms with Gasteiger partial charge in [-0.3, -0.25) is 4.79 Å². The molecule has 2 aromatic rings. The van der Waals surface area contributed by atoms with Crippen LogP contribution in [0.3, 0.4) is 0 Å². The highest BCUT2D eigenvalue weighted by Crippen LogP contribution is 2.29. The maximum atomic E-state index is 12.5. The van der Waals surface area contributed by atoms with Crippen molar-refractivity contribution in [3.8, 4) is 5.75 Å². The van der Waals surface area contributed by atoms with Crippen molar-refractivity contribution < 1.29 is 27.5 Å². The molecule has 30 heavy (non-hydrogen) atoms. The van der Waals surface area contributed by atoms with E-state index in [0.717, 1.165) is 11.8 Å². The number of nitrogens with one attached hydrogen (secondary N) is 2. The summed E-state index contributed by atoms with van der Waals surface area (Å²) in [5, 5.41) is 4.80. The van der Waals surface area contributed by atoms with Crippen molar-refractivity contribution in [3.63, 3.8) is 0 Å². The number of urea groups is 1. The summed E-state index contributed by atoms with van der Waals surface area (Å²) in [5.41, 5.74) is 0.947. The van der Waals surface area contributed by atoms with E-state index in [-0.39, 0.29) is 12.2 Å². The summed E-state index contributed by atoms with van der Waals surface area (Å²) in [6.45, 7) is 1.92. The number of nitrogens with zero attached hydrogens (tertiary/aromatic N) is 2. The summed E-state index contributed by atoms with van der Waals surface area (Å²) >= 11 is 0. The third-order valence-corrected chi connectivity index (χ3v) is 4.48. The van der Waals surface area contributed by atoms with Crippen molar-refractivity contribution in [2.75, 3.05) is 42.9 Å². The number of para-hydroxylation sites is 3. The van der Waals surface area contributed by atoms with Crippen LogP contribution >= 0.6 is 0 Å². The lowest BCUT2D eigenvalue weighted by Gasteiger charge is -2.36. The number of amides is 3. The van der Waals surface area contributed by atoms with E-state index in [1.165, 1.54) is 18.2 Å². The van der Waals surface area contributed by atoms with Crippen LogP contribution in [0.25, 0.3) is 0 Å². The molecule has 3 rings (SSSR count). The van der Waals surface area contributed by atoms with Gasteiger partial charge in [-0.05, 0) is 24.3 Å². The largest absolute Gasteiger partial charge is 0.573 e. The van der Waals surface area contributed by atoms with E-state index in [4.69, 9.17) is 0 Å². The number of benzene rings is 2. The Kier molecular flexibility index (Phi) is 6.65. The van der Waals surface area contributed by atoms with Crippen molar-refractivity contribution in [2.45, 2.75) is 6.36 Å². The van der Waals surface area contributed by atoms with Crippen molar-refractivity contribution in [1.29, 1.82) is 0 Å². The molecule has 0 spiro atoms. The van der Waals surface area contributed by atoms with Gasteiger partial charge in [0.25, 0.3) is 0 Å². The molecule has 1 fully saturated rings. The predicted molar refractivity (Wildman–Crippen MR) is 105 cm³/mol. The average Bonchev–Trinajstić information content (AvgIpc) is 2.73. The Morgan fingerprint density at radius 2 is 1.57 bits per heavy atom. The zero-order chi connectivity index (χ0) is 21.6. The molecule has 7 nitrogen and oxygen atoms in total. The van der Waals surface area contributed by atoms with Gasteiger partial charge in [-0.25, -0.2) is 4.79 Å². The maximum absolute atomic E-state index is 12.5. The van der Waals surface area contributed by atoms with E-state index in [1.807, 2.05) is 30.3 Å². The van der Waals surface area contributed by atoms with Gasteiger partial charge in [0.05, 0.1) is 12.2 Å². The van der Waals surface area contributed by atoms with Gasteiger partial charge >= 0.3 is 12.4 Å². The van der Waals surface area contributed by atoms with E-state index < -0.39 is 24.1 Å². The molecule has 0 bridgehead atoms. The van der Waals surface area contributed by atoms with Crippen molar-refractivity contribution in [1.82, 2.24) is 10.2 Å². The van der Waals surface area contributed by atoms with Gasteiger partial charge in [0.2, 0.25) is 5.91 Å². The lowest BCUT2D eigenvalue weighted by Crippen LogP contribution is -2.52. The number of ether oxygens (including phenoxy) is 1. The molecule has 10 heteroatoms. The molecule has 0 saturated carbocycles. The second kappa shape index (κ2) is 9.38. The minimum atomic E-state index is -4.88. The number of rotatable bonds is 5. The summed E-state index contributed by atoms with van der Waals surface area (Å²) < 4.78 is 41.2. The van der Waals surface area contributed by atoms with Gasteiger partial charge in [0.15, 0.2) is 5.75 Å². The van der Waals surface area contributed by atoms with E-state index in [2.05, 4.69) is 20.3 Å². The number of piperazine rings is 1. The standard InChI is InChI=1S/C20H21F3N4O3/c21-20(22,23)30-17-9-5-4-8-16(17)25-18(28)14-24-19(29)27-12-10-26(11-13-27)15-6-2-1-3-7-15/h1-9H,10-14H2,(H,24,29)(H,25,28). The lowest BCUT2D eigenvalue weighted by atomic mass is 10.2. The molecule has 1 saturated heterocycles. The summed E-state index contributed by atoms with van der Waals surface area (Å²) in [4.78, 5) is 28.1. The lowest BCUT2D eigenvalue weighted by molar-refractivity contribution is -0.274. The summed E-state index contributed by atoms with van der Waals surface area (Å²) in [7, 11) is 0. The van der Waals surface area contributed by atoms with Crippen LogP contribution < -0.4 is 20.3 Å². The molecule has 1 aliphatic rings. The Hall–Kier alpha value is -3.43. The number of hydrogen-bond donors (Lipinski definition) is 2. The first kappa shape index (κ1) is 21.3. The number of carbonyl (C=O) groups excluding carboxylic acids is 2. The zero-order valence-corrected chi connectivity index (χ0v) is 16.0. The zero-order valence-electron chi connectivity index (χ0n) is 16.0. The van der Waals surface area contributed by atoms with Gasteiger partial charge in [-0.15, -0.1) is 13.2 Å². The SMILES string of the molecule is O=C(CNC(=O)N1CCN(c2ccccc2)CC1)Nc1ccccc1OC(F)(F)F. The molecule has 0 aliphatic carbocycles. The van der Waals surface area contributed by atoms with Crippen molar-refractivity contribution >= 4 is 23.3 Å². The highest BCUT2D eigenvalue weighted by atomic mass is 19.4. The first-order valence-electron chi connectivity index (χ1n) is 9.29. The number of carbonyl (C=O) groups is 2. The highest BCUT2D eigenvalue weighted by Gasteiger charge is 2.32. The molecule has 0 atom stereocenters. The summed E-state index contributed by atoms with van der Waals surface area (Å²) in [5.74, 6) is -1.19. The van der Waals surface area contributed by atoms with Crippen LogP contribution in [-0.2, 0) is 4.79 Å². The molecule has 0 radical (unpaired) electrons. The number of alkyl halides is 3. The Labute approximate surface area is 171 Å². The van der Waals surface area contributed by atoms with Gasteiger partial charge in [-0.1, -0.05) is 30.3 Å². The second-order valence-electron chi connectivity index (χ2n) is 6.56. The topological polar surface area (TPSA) is 73.9 Å². The Morgan fingerprint density at radius 1 is 0.933 bits per heavy atom. The second-order valence-corrected chi connectivity index (χ2v) is 6.56. The molecule has 0 aromatic heterocycles. The highest BCUT2D eigenvalue weighted by molar-refractivity contribution is 5.95. The third kappa shape index (κ3) is 6.03. The first-order chi connectivity index (χ1) is 14.3. The fourth-order valence-corrected chi connectivity index (χ4v) is 3.05. The van der Waals surface area contributed by atoms with Gasteiger partial charge in [-0.2, -0.15) is 0 Å². The monoisotopic (exact) mass is 422 g/mol. The number of anilines is 2. The van der Waals surface area contributed by atoms with Crippen LogP contribution in [0.2, 0.25) is 0 Å². The van der Waals surface area contributed by atoms with Crippen molar-refractivity contribution in [2.24, 2.45) is 0 Å². The Balaban J connectivity index is 1.46. The minimum Gasteiger partial charge on any atom is -0.404 e. The fourth-order valence-electron chi connectivity index (χ4n) is 3.05. The Morgan fingerprint density at radius 3 is 2.23 bits per heavy atom. The van der Waals surface area contributed by atoms with Gasteiger partial charge in [0.1, 0.15) is 0 Å². The van der Waals surface area contributed by atoms with E-state index in [1.54, 1.807) is 4.90 Å². The van der Waals surface area contributed by atoms with Gasteiger partial charge < -0.3 is 25.2 Å². The third-order valence-electron chi connectivity index (χ3n) is 4.48. The molecule has 3 amide bonds. The summed E-state index contributed by atoms with van der Waals surface area (Å²) in [6.07, 6.45) is -4.88. The first-order valence-corrected chi connectivity index (χ1v) is 9.29. The summed E-state index contributed by atoms with van der Waals surface area (Å²) in [6, 6.07) is 14.6. The van der Waals surface area contributed by atoms with Crippen LogP contribution in [0, 0.1) is 0 Å². The van der Waals surface area contributed by atoms with Crippen LogP contribution in [0.1, 0.15) is 0 Å². The number of halogens is 3. The molecule has 2 aromatic carbocycles. The van der Waals surface area contributed by atoms with Gasteiger partial charge in [0, 0.05) is 31.9 Å². The smallest absolute Gasteiger partial charge is 0.404 e. The molecule has 0 unspecified atom stereocenters. The van der Waals surface area contributed by atoms with Crippen molar-refractivity contribution in [3.05, 3.63) is 54.6 Å². The molecule has 160 valence electrons. The molecular formula is C20H21F3N4O3. The minimum absolute atomic E-state index is 0.134. The number of hydrogen-bond acceptors (Lipinski definition) is 4. The molecule has 2 N–H and O–H groups in total. The predicted octanol–water partition coefficient (Wildman–Crippen LogP) is 3.06. The quantitative estimate of drug-likeness (QED) is 0.777. The fraction of sp³-hybridized carbons (Fsp3) is 0.300. The molecule has 1 heterocycles. The van der Waals surface area contributed by atoms with E-state index >= 15 is 0 Å². The molecular weight excluding hydrogens is 401 g/mol. The average molecular weight is 422 g/mol. The normalized spacial score (nSPS) is 14.2. The van der Waals surface area contributed by atoms with E-state index in [9.17, 15) is 22.8 Å². The van der Waals surface area contributed by atoms with E-state index in [0.29, 0.717) is 26.2 Å².